The molecule has 6 nitrogen and oxygen atoms in total. The van der Waals surface area contributed by atoms with Gasteiger partial charge in [-0.15, -0.1) is 0 Å². The zero-order valence-corrected chi connectivity index (χ0v) is 14.3. The van der Waals surface area contributed by atoms with Crippen molar-refractivity contribution in [1.82, 2.24) is 15.3 Å². The van der Waals surface area contributed by atoms with Crippen LogP contribution in [0.4, 0.5) is 16.3 Å². The van der Waals surface area contributed by atoms with E-state index in [2.05, 4.69) is 27.5 Å². The van der Waals surface area contributed by atoms with Gasteiger partial charge in [-0.05, 0) is 37.1 Å². The van der Waals surface area contributed by atoms with Gasteiger partial charge in [-0.25, -0.2) is 14.8 Å². The van der Waals surface area contributed by atoms with E-state index in [1.807, 2.05) is 31.2 Å². The van der Waals surface area contributed by atoms with Crippen molar-refractivity contribution in [3.05, 3.63) is 36.0 Å². The maximum absolute atomic E-state index is 11.8. The fourth-order valence-corrected chi connectivity index (χ4v) is 2.28. The Balaban J connectivity index is 1.98. The fourth-order valence-electron chi connectivity index (χ4n) is 2.28. The number of hydrogen-bond donors (Lipinski definition) is 3. The summed E-state index contributed by atoms with van der Waals surface area (Å²) < 4.78 is 0. The third-order valence-corrected chi connectivity index (χ3v) is 3.63. The van der Waals surface area contributed by atoms with Gasteiger partial charge in [0.25, 0.3) is 0 Å². The van der Waals surface area contributed by atoms with Crippen molar-refractivity contribution in [3.8, 4) is 11.4 Å². The SMILES string of the molecule is CCCCCNC(=O)Nc1ccc(-c2nc(N)cc(CC)n2)cc1. The molecular weight excluding hydrogens is 302 g/mol. The Labute approximate surface area is 142 Å². The summed E-state index contributed by atoms with van der Waals surface area (Å²) in [5.41, 5.74) is 8.32. The average molecular weight is 327 g/mol. The standard InChI is InChI=1S/C18H25N5O/c1-3-5-6-11-20-18(24)22-15-9-7-13(8-10-15)17-21-14(4-2)12-16(19)23-17/h7-10,12H,3-6,11H2,1-2H3,(H2,19,21,23)(H2,20,22,24). The molecule has 128 valence electrons. The van der Waals surface area contributed by atoms with Gasteiger partial charge in [0, 0.05) is 29.6 Å². The van der Waals surface area contributed by atoms with Crippen LogP contribution >= 0.6 is 0 Å². The van der Waals surface area contributed by atoms with Crippen LogP contribution < -0.4 is 16.4 Å². The minimum Gasteiger partial charge on any atom is -0.384 e. The highest BCUT2D eigenvalue weighted by molar-refractivity contribution is 5.89. The summed E-state index contributed by atoms with van der Waals surface area (Å²) in [5, 5.41) is 5.66. The minimum atomic E-state index is -0.188. The lowest BCUT2D eigenvalue weighted by atomic mass is 10.2. The number of nitrogens with one attached hydrogen (secondary N) is 2. The number of aromatic nitrogens is 2. The number of unbranched alkanes of at least 4 members (excludes halogenated alkanes) is 2. The number of nitrogen functional groups attached to an aromatic ring is 1. The van der Waals surface area contributed by atoms with Crippen molar-refractivity contribution in [3.63, 3.8) is 0 Å². The van der Waals surface area contributed by atoms with Gasteiger partial charge in [0.1, 0.15) is 5.82 Å². The first kappa shape index (κ1) is 17.7. The number of aryl methyl sites for hydroxylation is 1. The number of benzene rings is 1. The molecule has 0 saturated carbocycles. The van der Waals surface area contributed by atoms with Crippen molar-refractivity contribution in [1.29, 1.82) is 0 Å². The lowest BCUT2D eigenvalue weighted by molar-refractivity contribution is 0.252. The number of nitrogens with two attached hydrogens (primary N) is 1. The maximum Gasteiger partial charge on any atom is 0.319 e. The van der Waals surface area contributed by atoms with Gasteiger partial charge < -0.3 is 16.4 Å². The number of amides is 2. The molecule has 24 heavy (non-hydrogen) atoms. The number of carbonyl (C=O) groups excluding carboxylic acids is 1. The van der Waals surface area contributed by atoms with Gasteiger partial charge in [0.05, 0.1) is 0 Å². The number of hydrogen-bond acceptors (Lipinski definition) is 4. The molecule has 0 spiro atoms. The number of nitrogens with zero attached hydrogens (tertiary/aromatic N) is 2. The zero-order valence-electron chi connectivity index (χ0n) is 14.3. The summed E-state index contributed by atoms with van der Waals surface area (Å²) in [7, 11) is 0. The molecule has 2 aromatic rings. The van der Waals surface area contributed by atoms with Gasteiger partial charge in [-0.1, -0.05) is 26.7 Å². The lowest BCUT2D eigenvalue weighted by Gasteiger charge is -2.08. The van der Waals surface area contributed by atoms with Crippen LogP contribution in [0, 0.1) is 0 Å². The Morgan fingerprint density at radius 2 is 1.88 bits per heavy atom. The topological polar surface area (TPSA) is 92.9 Å². The molecule has 0 atom stereocenters. The van der Waals surface area contributed by atoms with Gasteiger partial charge in [-0.2, -0.15) is 0 Å². The number of urea groups is 1. The Morgan fingerprint density at radius 3 is 2.54 bits per heavy atom. The second kappa shape index (κ2) is 8.86. The Morgan fingerprint density at radius 1 is 1.12 bits per heavy atom. The highest BCUT2D eigenvalue weighted by Gasteiger charge is 2.06. The minimum absolute atomic E-state index is 0.188. The number of carbonyl (C=O) groups is 1. The van der Waals surface area contributed by atoms with Gasteiger partial charge in [-0.3, -0.25) is 0 Å². The van der Waals surface area contributed by atoms with E-state index in [0.717, 1.165) is 42.6 Å². The van der Waals surface area contributed by atoms with E-state index >= 15 is 0 Å². The second-order valence-electron chi connectivity index (χ2n) is 5.63. The average Bonchev–Trinajstić information content (AvgIpc) is 2.59. The molecule has 0 aliphatic rings. The molecule has 1 aromatic heterocycles. The highest BCUT2D eigenvalue weighted by Crippen LogP contribution is 2.19. The molecule has 0 fully saturated rings. The van der Waals surface area contributed by atoms with Crippen molar-refractivity contribution in [2.45, 2.75) is 39.5 Å². The molecule has 4 N–H and O–H groups in total. The first-order valence-corrected chi connectivity index (χ1v) is 8.41. The molecular formula is C18H25N5O. The van der Waals surface area contributed by atoms with E-state index in [1.54, 1.807) is 6.07 Å². The Kier molecular flexibility index (Phi) is 6.54. The van der Waals surface area contributed by atoms with Gasteiger partial charge in [0.2, 0.25) is 0 Å². The summed E-state index contributed by atoms with van der Waals surface area (Å²) in [4.78, 5) is 20.5. The molecule has 2 amide bonds. The molecule has 0 bridgehead atoms. The van der Waals surface area contributed by atoms with Crippen LogP contribution in [-0.2, 0) is 6.42 Å². The van der Waals surface area contributed by atoms with Gasteiger partial charge >= 0.3 is 6.03 Å². The van der Waals surface area contributed by atoms with Crippen molar-refractivity contribution in [2.75, 3.05) is 17.6 Å². The highest BCUT2D eigenvalue weighted by atomic mass is 16.2. The fraction of sp³-hybridized carbons (Fsp3) is 0.389. The lowest BCUT2D eigenvalue weighted by Crippen LogP contribution is -2.29. The van der Waals surface area contributed by atoms with Crippen LogP contribution in [0.5, 0.6) is 0 Å². The van der Waals surface area contributed by atoms with Crippen LogP contribution in [0.2, 0.25) is 0 Å². The Bertz CT molecular complexity index is 670. The third kappa shape index (κ3) is 5.22. The molecule has 0 aliphatic heterocycles. The van der Waals surface area contributed by atoms with Crippen molar-refractivity contribution in [2.24, 2.45) is 0 Å². The second-order valence-corrected chi connectivity index (χ2v) is 5.63. The van der Waals surface area contributed by atoms with E-state index in [-0.39, 0.29) is 6.03 Å². The van der Waals surface area contributed by atoms with E-state index in [9.17, 15) is 4.79 Å². The summed E-state index contributed by atoms with van der Waals surface area (Å²) >= 11 is 0. The van der Waals surface area contributed by atoms with Crippen LogP contribution in [0.15, 0.2) is 30.3 Å². The van der Waals surface area contributed by atoms with E-state index < -0.39 is 0 Å². The van der Waals surface area contributed by atoms with Gasteiger partial charge in [0.15, 0.2) is 5.82 Å². The summed E-state index contributed by atoms with van der Waals surface area (Å²) in [6.07, 6.45) is 4.05. The summed E-state index contributed by atoms with van der Waals surface area (Å²) in [5.74, 6) is 1.06. The van der Waals surface area contributed by atoms with Crippen LogP contribution in [0.1, 0.15) is 38.8 Å². The maximum atomic E-state index is 11.8. The Hall–Kier alpha value is -2.63. The third-order valence-electron chi connectivity index (χ3n) is 3.63. The normalized spacial score (nSPS) is 10.4. The largest absolute Gasteiger partial charge is 0.384 e. The predicted molar refractivity (Wildman–Crippen MR) is 97.8 cm³/mol. The van der Waals surface area contributed by atoms with Crippen LogP contribution in [0.3, 0.4) is 0 Å². The van der Waals surface area contributed by atoms with Crippen LogP contribution in [0.25, 0.3) is 11.4 Å². The quantitative estimate of drug-likeness (QED) is 0.677. The smallest absolute Gasteiger partial charge is 0.319 e. The van der Waals surface area contributed by atoms with E-state index in [1.165, 1.54) is 0 Å². The molecule has 0 aliphatic carbocycles. The monoisotopic (exact) mass is 327 g/mol. The summed E-state index contributed by atoms with van der Waals surface area (Å²) in [6.45, 7) is 4.85. The zero-order chi connectivity index (χ0) is 17.4. The number of anilines is 2. The molecule has 2 rings (SSSR count). The van der Waals surface area contributed by atoms with Crippen molar-refractivity contribution >= 4 is 17.5 Å². The predicted octanol–water partition coefficient (Wildman–Crippen LogP) is 3.60. The molecule has 0 unspecified atom stereocenters. The molecule has 0 radical (unpaired) electrons. The molecule has 6 heteroatoms. The number of rotatable bonds is 7. The molecule has 0 saturated heterocycles. The first-order valence-electron chi connectivity index (χ1n) is 8.41. The van der Waals surface area contributed by atoms with E-state index in [0.29, 0.717) is 18.2 Å². The summed E-state index contributed by atoms with van der Waals surface area (Å²) in [6, 6.07) is 9.01. The molecule has 1 heterocycles. The van der Waals surface area contributed by atoms with Crippen molar-refractivity contribution < 1.29 is 4.79 Å². The van der Waals surface area contributed by atoms with E-state index in [4.69, 9.17) is 5.73 Å². The molecule has 1 aromatic carbocycles. The first-order chi connectivity index (χ1) is 11.6. The van der Waals surface area contributed by atoms with Crippen LogP contribution in [-0.4, -0.2) is 22.5 Å².